The molecule has 2 rings (SSSR count). The molecule has 1 amide bonds. The van der Waals surface area contributed by atoms with Crippen molar-refractivity contribution in [3.8, 4) is 5.75 Å². The van der Waals surface area contributed by atoms with E-state index in [1.54, 1.807) is 23.9 Å². The SMILES string of the molecule is CSc1ccc(/C=C/C(=O)O[C@@H](C)C(=O)Nc2ccccc2OC(F)F)cc1. The van der Waals surface area contributed by atoms with E-state index in [1.807, 2.05) is 30.5 Å². The fourth-order valence-electron chi connectivity index (χ4n) is 2.15. The number of rotatable bonds is 8. The number of hydrogen-bond acceptors (Lipinski definition) is 5. The van der Waals surface area contributed by atoms with Crippen molar-refractivity contribution in [1.82, 2.24) is 0 Å². The number of amides is 1. The number of anilines is 1. The molecule has 1 atom stereocenters. The minimum atomic E-state index is -3.02. The number of benzene rings is 2. The van der Waals surface area contributed by atoms with Crippen molar-refractivity contribution in [1.29, 1.82) is 0 Å². The number of alkyl halides is 2. The number of ether oxygens (including phenoxy) is 2. The van der Waals surface area contributed by atoms with Gasteiger partial charge in [-0.25, -0.2) is 4.79 Å². The van der Waals surface area contributed by atoms with Gasteiger partial charge < -0.3 is 14.8 Å². The molecule has 0 saturated carbocycles. The zero-order valence-corrected chi connectivity index (χ0v) is 16.0. The van der Waals surface area contributed by atoms with E-state index in [0.717, 1.165) is 10.5 Å². The number of para-hydroxylation sites is 2. The van der Waals surface area contributed by atoms with Crippen LogP contribution in [0.2, 0.25) is 0 Å². The third-order valence-electron chi connectivity index (χ3n) is 3.55. The van der Waals surface area contributed by atoms with Gasteiger partial charge in [0.15, 0.2) is 6.10 Å². The van der Waals surface area contributed by atoms with Crippen molar-refractivity contribution in [2.75, 3.05) is 11.6 Å². The highest BCUT2D eigenvalue weighted by atomic mass is 32.2. The monoisotopic (exact) mass is 407 g/mol. The quantitative estimate of drug-likeness (QED) is 0.394. The smallest absolute Gasteiger partial charge is 0.387 e. The minimum absolute atomic E-state index is 0.0557. The maximum atomic E-state index is 12.4. The van der Waals surface area contributed by atoms with Gasteiger partial charge in [-0.15, -0.1) is 11.8 Å². The summed E-state index contributed by atoms with van der Waals surface area (Å²) in [6.45, 7) is -1.64. The molecular weight excluding hydrogens is 388 g/mol. The maximum Gasteiger partial charge on any atom is 0.387 e. The summed E-state index contributed by atoms with van der Waals surface area (Å²) < 4.78 is 34.2. The molecule has 148 valence electrons. The Kier molecular flexibility index (Phi) is 8.01. The number of carbonyl (C=O) groups is 2. The van der Waals surface area contributed by atoms with Crippen molar-refractivity contribution in [2.45, 2.75) is 24.5 Å². The first kappa shape index (κ1) is 21.4. The first-order valence-electron chi connectivity index (χ1n) is 8.26. The van der Waals surface area contributed by atoms with Crippen LogP contribution in [0.4, 0.5) is 14.5 Å². The summed E-state index contributed by atoms with van der Waals surface area (Å²) in [5, 5.41) is 2.41. The zero-order chi connectivity index (χ0) is 20.5. The molecule has 0 bridgehead atoms. The molecule has 2 aromatic carbocycles. The number of carbonyl (C=O) groups excluding carboxylic acids is 2. The lowest BCUT2D eigenvalue weighted by Crippen LogP contribution is -2.29. The van der Waals surface area contributed by atoms with E-state index in [4.69, 9.17) is 4.74 Å². The van der Waals surface area contributed by atoms with Crippen LogP contribution in [0.3, 0.4) is 0 Å². The summed E-state index contributed by atoms with van der Waals surface area (Å²) in [4.78, 5) is 25.2. The summed E-state index contributed by atoms with van der Waals surface area (Å²) in [5.41, 5.74) is 0.866. The molecule has 0 spiro atoms. The Hall–Kier alpha value is -2.87. The Morgan fingerprint density at radius 1 is 1.11 bits per heavy atom. The highest BCUT2D eigenvalue weighted by Gasteiger charge is 2.19. The molecular formula is C20H19F2NO4S. The second kappa shape index (κ2) is 10.5. The van der Waals surface area contributed by atoms with Crippen molar-refractivity contribution in [3.05, 3.63) is 60.2 Å². The van der Waals surface area contributed by atoms with Crippen molar-refractivity contribution < 1.29 is 27.8 Å². The molecule has 28 heavy (non-hydrogen) atoms. The molecule has 1 N–H and O–H groups in total. The van der Waals surface area contributed by atoms with E-state index >= 15 is 0 Å². The molecule has 8 heteroatoms. The van der Waals surface area contributed by atoms with Crippen LogP contribution >= 0.6 is 11.8 Å². The third-order valence-corrected chi connectivity index (χ3v) is 4.29. The average Bonchev–Trinajstić information content (AvgIpc) is 2.67. The summed E-state index contributed by atoms with van der Waals surface area (Å²) >= 11 is 1.61. The minimum Gasteiger partial charge on any atom is -0.449 e. The highest BCUT2D eigenvalue weighted by Crippen LogP contribution is 2.25. The van der Waals surface area contributed by atoms with E-state index < -0.39 is 24.6 Å². The van der Waals surface area contributed by atoms with E-state index in [0.29, 0.717) is 0 Å². The lowest BCUT2D eigenvalue weighted by molar-refractivity contribution is -0.148. The molecule has 0 aliphatic carbocycles. The van der Waals surface area contributed by atoms with Crippen LogP contribution in [-0.4, -0.2) is 30.8 Å². The molecule has 0 radical (unpaired) electrons. The lowest BCUT2D eigenvalue weighted by Gasteiger charge is -2.15. The first-order chi connectivity index (χ1) is 13.4. The van der Waals surface area contributed by atoms with Crippen LogP contribution in [0.5, 0.6) is 5.75 Å². The predicted octanol–water partition coefficient (Wildman–Crippen LogP) is 4.59. The summed E-state index contributed by atoms with van der Waals surface area (Å²) in [7, 11) is 0. The normalized spacial score (nSPS) is 12.0. The van der Waals surface area contributed by atoms with Gasteiger partial charge in [-0.2, -0.15) is 8.78 Å². The van der Waals surface area contributed by atoms with Gasteiger partial charge >= 0.3 is 12.6 Å². The molecule has 0 aliphatic heterocycles. The zero-order valence-electron chi connectivity index (χ0n) is 15.2. The van der Waals surface area contributed by atoms with Crippen LogP contribution < -0.4 is 10.1 Å². The summed E-state index contributed by atoms with van der Waals surface area (Å²) in [6.07, 6.45) is 3.62. The van der Waals surface area contributed by atoms with Gasteiger partial charge in [0.25, 0.3) is 5.91 Å². The Morgan fingerprint density at radius 2 is 1.79 bits per heavy atom. The van der Waals surface area contributed by atoms with Crippen LogP contribution in [0.15, 0.2) is 59.5 Å². The van der Waals surface area contributed by atoms with Gasteiger partial charge in [0, 0.05) is 11.0 Å². The fraction of sp³-hybridized carbons (Fsp3) is 0.200. The predicted molar refractivity (Wildman–Crippen MR) is 105 cm³/mol. The maximum absolute atomic E-state index is 12.4. The van der Waals surface area contributed by atoms with Crippen LogP contribution in [0.1, 0.15) is 12.5 Å². The Balaban J connectivity index is 1.92. The van der Waals surface area contributed by atoms with Gasteiger partial charge in [0.2, 0.25) is 0 Å². The van der Waals surface area contributed by atoms with Gasteiger partial charge in [-0.3, -0.25) is 4.79 Å². The highest BCUT2D eigenvalue weighted by molar-refractivity contribution is 7.98. The fourth-order valence-corrected chi connectivity index (χ4v) is 2.56. The molecule has 0 aromatic heterocycles. The van der Waals surface area contributed by atoms with Gasteiger partial charge in [0.05, 0.1) is 5.69 Å². The number of halogens is 2. The topological polar surface area (TPSA) is 64.6 Å². The summed E-state index contributed by atoms with van der Waals surface area (Å²) in [6, 6.07) is 13.3. The number of hydrogen-bond donors (Lipinski definition) is 1. The Morgan fingerprint density at radius 3 is 2.43 bits per heavy atom. The lowest BCUT2D eigenvalue weighted by atomic mass is 10.2. The van der Waals surface area contributed by atoms with E-state index in [1.165, 1.54) is 31.2 Å². The largest absolute Gasteiger partial charge is 0.449 e. The van der Waals surface area contributed by atoms with Crippen molar-refractivity contribution in [3.63, 3.8) is 0 Å². The standard InChI is InChI=1S/C20H19F2NO4S/c1-13(19(25)23-16-5-3-4-6-17(16)27-20(21)22)26-18(24)12-9-14-7-10-15(28-2)11-8-14/h3-13,20H,1-2H3,(H,23,25)/b12-9+/t13-/m0/s1. The van der Waals surface area contributed by atoms with Gasteiger partial charge in [-0.05, 0) is 49.1 Å². The second-order valence-electron chi connectivity index (χ2n) is 5.55. The van der Waals surface area contributed by atoms with E-state index in [9.17, 15) is 18.4 Å². The van der Waals surface area contributed by atoms with Crippen LogP contribution in [-0.2, 0) is 14.3 Å². The average molecular weight is 407 g/mol. The first-order valence-corrected chi connectivity index (χ1v) is 9.49. The number of nitrogens with one attached hydrogen (secondary N) is 1. The van der Waals surface area contributed by atoms with Crippen molar-refractivity contribution in [2.24, 2.45) is 0 Å². The molecule has 5 nitrogen and oxygen atoms in total. The van der Waals surface area contributed by atoms with Gasteiger partial charge in [0.1, 0.15) is 5.75 Å². The van der Waals surface area contributed by atoms with Crippen molar-refractivity contribution >= 4 is 35.4 Å². The molecule has 0 aliphatic rings. The number of esters is 1. The second-order valence-corrected chi connectivity index (χ2v) is 6.43. The van der Waals surface area contributed by atoms with E-state index in [2.05, 4.69) is 10.1 Å². The Labute approximate surface area is 165 Å². The molecule has 0 heterocycles. The van der Waals surface area contributed by atoms with Crippen LogP contribution in [0, 0.1) is 0 Å². The molecule has 0 fully saturated rings. The van der Waals surface area contributed by atoms with Crippen LogP contribution in [0.25, 0.3) is 6.08 Å². The molecule has 0 unspecified atom stereocenters. The number of thioether (sulfide) groups is 1. The van der Waals surface area contributed by atoms with Gasteiger partial charge in [-0.1, -0.05) is 24.3 Å². The Bertz CT molecular complexity index is 840. The third kappa shape index (κ3) is 6.70. The summed E-state index contributed by atoms with van der Waals surface area (Å²) in [5.74, 6) is -1.55. The molecule has 0 saturated heterocycles. The molecule has 2 aromatic rings. The van der Waals surface area contributed by atoms with E-state index in [-0.39, 0.29) is 11.4 Å².